The zero-order valence-corrected chi connectivity index (χ0v) is 11.3. The summed E-state index contributed by atoms with van der Waals surface area (Å²) in [6, 6.07) is 0. The molecule has 0 unspecified atom stereocenters. The van der Waals surface area contributed by atoms with Crippen molar-refractivity contribution in [3.8, 4) is 0 Å². The van der Waals surface area contributed by atoms with Gasteiger partial charge in [-0.2, -0.15) is 0 Å². The van der Waals surface area contributed by atoms with Crippen LogP contribution in [0.3, 0.4) is 0 Å². The summed E-state index contributed by atoms with van der Waals surface area (Å²) >= 11 is 1.30. The van der Waals surface area contributed by atoms with Gasteiger partial charge in [0.2, 0.25) is 5.12 Å². The predicted octanol–water partition coefficient (Wildman–Crippen LogP) is 2.49. The van der Waals surface area contributed by atoms with Crippen LogP contribution in [0.15, 0.2) is 0 Å². The highest BCUT2D eigenvalue weighted by Gasteiger charge is 2.30. The molecule has 1 saturated carbocycles. The molecule has 0 aliphatic heterocycles. The first-order chi connectivity index (χ1) is 7.56. The summed E-state index contributed by atoms with van der Waals surface area (Å²) in [6.07, 6.45) is 3.81. The van der Waals surface area contributed by atoms with E-state index in [0.717, 1.165) is 6.61 Å². The van der Waals surface area contributed by atoms with Crippen LogP contribution in [-0.2, 0) is 14.3 Å². The van der Waals surface area contributed by atoms with E-state index < -0.39 is 5.60 Å². The van der Waals surface area contributed by atoms with Gasteiger partial charge in [0.1, 0.15) is 5.60 Å². The number of rotatable bonds is 7. The van der Waals surface area contributed by atoms with Crippen LogP contribution in [0.1, 0.15) is 33.1 Å². The van der Waals surface area contributed by atoms with Gasteiger partial charge in [0.05, 0.1) is 13.2 Å². The maximum atomic E-state index is 11.8. The molecule has 0 aromatic carbocycles. The maximum absolute atomic E-state index is 11.8. The molecule has 0 radical (unpaired) electrons. The summed E-state index contributed by atoms with van der Waals surface area (Å²) in [7, 11) is 1.64. The smallest absolute Gasteiger partial charge is 0.220 e. The van der Waals surface area contributed by atoms with Crippen molar-refractivity contribution in [3.63, 3.8) is 0 Å². The third-order valence-corrected chi connectivity index (χ3v) is 4.04. The second-order valence-electron chi connectivity index (χ2n) is 4.75. The second kappa shape index (κ2) is 6.62. The average Bonchev–Trinajstić information content (AvgIpc) is 2.15. The lowest BCUT2D eigenvalue weighted by Crippen LogP contribution is -2.36. The lowest BCUT2D eigenvalue weighted by Gasteiger charge is -2.30. The lowest BCUT2D eigenvalue weighted by atomic mass is 9.86. The molecule has 3 nitrogen and oxygen atoms in total. The lowest BCUT2D eigenvalue weighted by molar-refractivity contribution is -0.133. The number of carbonyl (C=O) groups excluding carboxylic acids is 1. The van der Waals surface area contributed by atoms with Gasteiger partial charge in [-0.3, -0.25) is 4.79 Å². The summed E-state index contributed by atoms with van der Waals surface area (Å²) in [5.74, 6) is 1.38. The van der Waals surface area contributed by atoms with E-state index in [1.165, 1.54) is 31.0 Å². The Morgan fingerprint density at radius 1 is 1.44 bits per heavy atom. The summed E-state index contributed by atoms with van der Waals surface area (Å²) in [5, 5.41) is 0.101. The minimum absolute atomic E-state index is 0.101. The molecule has 94 valence electrons. The van der Waals surface area contributed by atoms with Gasteiger partial charge in [-0.05, 0) is 32.6 Å². The maximum Gasteiger partial charge on any atom is 0.220 e. The highest BCUT2D eigenvalue weighted by Crippen LogP contribution is 2.29. The highest BCUT2D eigenvalue weighted by molar-refractivity contribution is 8.13. The molecule has 0 bridgehead atoms. The van der Waals surface area contributed by atoms with Crippen molar-refractivity contribution in [1.29, 1.82) is 0 Å². The fourth-order valence-corrected chi connectivity index (χ4v) is 2.28. The van der Waals surface area contributed by atoms with Crippen LogP contribution in [0.2, 0.25) is 0 Å². The Morgan fingerprint density at radius 2 is 2.12 bits per heavy atom. The van der Waals surface area contributed by atoms with Gasteiger partial charge in [-0.25, -0.2) is 0 Å². The van der Waals surface area contributed by atoms with Crippen molar-refractivity contribution in [3.05, 3.63) is 0 Å². The minimum atomic E-state index is -0.659. The van der Waals surface area contributed by atoms with Crippen molar-refractivity contribution in [2.75, 3.05) is 26.1 Å². The first-order valence-corrected chi connectivity index (χ1v) is 6.85. The highest BCUT2D eigenvalue weighted by atomic mass is 32.2. The summed E-state index contributed by atoms with van der Waals surface area (Å²) in [5.41, 5.74) is -0.659. The van der Waals surface area contributed by atoms with Gasteiger partial charge >= 0.3 is 0 Å². The Kier molecular flexibility index (Phi) is 5.79. The molecule has 0 atom stereocenters. The van der Waals surface area contributed by atoms with Crippen LogP contribution in [0.4, 0.5) is 0 Å². The molecule has 0 N–H and O–H groups in total. The van der Waals surface area contributed by atoms with Crippen LogP contribution < -0.4 is 0 Å². The van der Waals surface area contributed by atoms with Crippen molar-refractivity contribution in [2.24, 2.45) is 5.92 Å². The van der Waals surface area contributed by atoms with E-state index in [4.69, 9.17) is 9.47 Å². The van der Waals surface area contributed by atoms with Crippen molar-refractivity contribution in [1.82, 2.24) is 0 Å². The number of hydrogen-bond acceptors (Lipinski definition) is 4. The van der Waals surface area contributed by atoms with Gasteiger partial charge in [-0.1, -0.05) is 18.2 Å². The topological polar surface area (TPSA) is 35.5 Å². The Bertz CT molecular complexity index is 224. The Labute approximate surface area is 102 Å². The molecular weight excluding hydrogens is 224 g/mol. The van der Waals surface area contributed by atoms with E-state index >= 15 is 0 Å². The van der Waals surface area contributed by atoms with E-state index in [9.17, 15) is 4.79 Å². The average molecular weight is 246 g/mol. The standard InChI is InChI=1S/C12H22O3S/c1-12(2,11(13)16-8-7-14-3)15-9-10-5-4-6-10/h10H,4-9H2,1-3H3. The van der Waals surface area contributed by atoms with Crippen molar-refractivity contribution in [2.45, 2.75) is 38.7 Å². The predicted molar refractivity (Wildman–Crippen MR) is 66.7 cm³/mol. The minimum Gasteiger partial charge on any atom is -0.384 e. The van der Waals surface area contributed by atoms with E-state index in [0.29, 0.717) is 18.3 Å². The van der Waals surface area contributed by atoms with Gasteiger partial charge in [0.25, 0.3) is 0 Å². The van der Waals surface area contributed by atoms with Crippen LogP contribution in [0.5, 0.6) is 0 Å². The van der Waals surface area contributed by atoms with Gasteiger partial charge in [-0.15, -0.1) is 0 Å². The van der Waals surface area contributed by atoms with E-state index in [2.05, 4.69) is 0 Å². The number of carbonyl (C=O) groups is 1. The molecule has 1 aliphatic rings. The van der Waals surface area contributed by atoms with Crippen LogP contribution in [0.25, 0.3) is 0 Å². The Morgan fingerprint density at radius 3 is 2.62 bits per heavy atom. The van der Waals surface area contributed by atoms with Crippen molar-refractivity contribution >= 4 is 16.9 Å². The molecule has 16 heavy (non-hydrogen) atoms. The third kappa shape index (κ3) is 4.44. The molecule has 0 spiro atoms. The largest absolute Gasteiger partial charge is 0.384 e. The van der Waals surface area contributed by atoms with E-state index in [1.54, 1.807) is 7.11 Å². The first-order valence-electron chi connectivity index (χ1n) is 5.86. The molecule has 0 heterocycles. The number of thioether (sulfide) groups is 1. The van der Waals surface area contributed by atoms with Gasteiger partial charge in [0, 0.05) is 12.9 Å². The second-order valence-corrected chi connectivity index (χ2v) is 5.81. The van der Waals surface area contributed by atoms with Crippen LogP contribution >= 0.6 is 11.8 Å². The fraction of sp³-hybridized carbons (Fsp3) is 0.917. The van der Waals surface area contributed by atoms with Crippen LogP contribution in [0, 0.1) is 5.92 Å². The van der Waals surface area contributed by atoms with E-state index in [1.807, 2.05) is 13.8 Å². The molecule has 4 heteroatoms. The molecular formula is C12H22O3S. The van der Waals surface area contributed by atoms with Crippen LogP contribution in [-0.4, -0.2) is 36.8 Å². The first kappa shape index (κ1) is 14.0. The molecule has 0 amide bonds. The number of hydrogen-bond donors (Lipinski definition) is 0. The molecule has 1 aliphatic carbocycles. The summed E-state index contributed by atoms with van der Waals surface area (Å²) in [6.45, 7) is 5.04. The Balaban J connectivity index is 2.21. The normalized spacial score (nSPS) is 17.2. The fourth-order valence-electron chi connectivity index (χ4n) is 1.44. The zero-order chi connectivity index (χ0) is 12.0. The quantitative estimate of drug-likeness (QED) is 0.647. The molecule has 1 fully saturated rings. The number of methoxy groups -OCH3 is 1. The SMILES string of the molecule is COCCSC(=O)C(C)(C)OCC1CCC1. The summed E-state index contributed by atoms with van der Waals surface area (Å²) < 4.78 is 10.6. The van der Waals surface area contributed by atoms with Crippen molar-refractivity contribution < 1.29 is 14.3 Å². The number of ether oxygens (including phenoxy) is 2. The van der Waals surface area contributed by atoms with E-state index in [-0.39, 0.29) is 5.12 Å². The Hall–Kier alpha value is -0.0600. The molecule has 1 rings (SSSR count). The van der Waals surface area contributed by atoms with Gasteiger partial charge in [0.15, 0.2) is 0 Å². The summed E-state index contributed by atoms with van der Waals surface area (Å²) in [4.78, 5) is 11.8. The zero-order valence-electron chi connectivity index (χ0n) is 10.5. The van der Waals surface area contributed by atoms with Gasteiger partial charge < -0.3 is 9.47 Å². The molecule has 0 aromatic heterocycles. The molecule has 0 saturated heterocycles. The third-order valence-electron chi connectivity index (χ3n) is 2.92. The monoisotopic (exact) mass is 246 g/mol. The molecule has 0 aromatic rings.